The molecular formula is C28H26N3O2+. The molecule has 0 spiro atoms. The van der Waals surface area contributed by atoms with Gasteiger partial charge in [-0.1, -0.05) is 73.7 Å². The third-order valence-electron chi connectivity index (χ3n) is 6.06. The molecule has 5 heteroatoms. The van der Waals surface area contributed by atoms with Crippen molar-refractivity contribution in [2.45, 2.75) is 32.2 Å². The number of carbonyl (C=O) groups excluding carboxylic acids is 1. The summed E-state index contributed by atoms with van der Waals surface area (Å²) in [6, 6.07) is 25.1. The second-order valence-corrected chi connectivity index (χ2v) is 8.42. The number of nitrogens with zero attached hydrogens (tertiary/aromatic N) is 2. The second-order valence-electron chi connectivity index (χ2n) is 8.42. The van der Waals surface area contributed by atoms with Crippen LogP contribution in [0.4, 0.5) is 5.82 Å². The summed E-state index contributed by atoms with van der Waals surface area (Å²) in [5.74, 6) is 0.914. The molecule has 0 saturated carbocycles. The Balaban J connectivity index is 1.54. The molecule has 2 N–H and O–H groups in total. The van der Waals surface area contributed by atoms with Crippen LogP contribution in [-0.4, -0.2) is 22.0 Å². The highest BCUT2D eigenvalue weighted by molar-refractivity contribution is 5.82. The van der Waals surface area contributed by atoms with Crippen LogP contribution in [0.25, 0.3) is 11.3 Å². The van der Waals surface area contributed by atoms with Crippen LogP contribution in [0.1, 0.15) is 34.1 Å². The van der Waals surface area contributed by atoms with E-state index in [0.717, 1.165) is 34.6 Å². The molecule has 0 radical (unpaired) electrons. The van der Waals surface area contributed by atoms with Gasteiger partial charge >= 0.3 is 11.7 Å². The zero-order valence-corrected chi connectivity index (χ0v) is 18.5. The van der Waals surface area contributed by atoms with Gasteiger partial charge in [0.05, 0.1) is 0 Å². The van der Waals surface area contributed by atoms with Gasteiger partial charge in [-0.25, -0.2) is 9.78 Å². The Kier molecular flexibility index (Phi) is 5.61. The molecule has 0 amide bonds. The molecule has 1 atom stereocenters. The van der Waals surface area contributed by atoms with Crippen molar-refractivity contribution in [1.82, 2.24) is 4.98 Å². The molecule has 1 aromatic heterocycles. The lowest BCUT2D eigenvalue weighted by atomic mass is 10.0. The van der Waals surface area contributed by atoms with E-state index in [9.17, 15) is 9.90 Å². The van der Waals surface area contributed by atoms with E-state index in [1.165, 1.54) is 5.56 Å². The van der Waals surface area contributed by atoms with Gasteiger partial charge in [0, 0.05) is 18.4 Å². The predicted octanol–water partition coefficient (Wildman–Crippen LogP) is 4.57. The Morgan fingerprint density at radius 2 is 1.70 bits per heavy atom. The number of aryl methyl sites for hydroxylation is 1. The minimum Gasteiger partial charge on any atom is -0.508 e. The van der Waals surface area contributed by atoms with E-state index in [2.05, 4.69) is 48.6 Å². The molecule has 0 aliphatic carbocycles. The van der Waals surface area contributed by atoms with Gasteiger partial charge in [-0.05, 0) is 35.2 Å². The van der Waals surface area contributed by atoms with Crippen LogP contribution in [0.5, 0.6) is 5.75 Å². The third-order valence-corrected chi connectivity index (χ3v) is 6.06. The van der Waals surface area contributed by atoms with E-state index < -0.39 is 0 Å². The lowest BCUT2D eigenvalue weighted by Gasteiger charge is -2.07. The number of aromatic nitrogens is 2. The summed E-state index contributed by atoms with van der Waals surface area (Å²) in [5, 5.41) is 13.4. The molecule has 1 unspecified atom stereocenters. The number of fused-ring (bicyclic) bond motifs is 1. The zero-order chi connectivity index (χ0) is 22.8. The monoisotopic (exact) mass is 436 g/mol. The zero-order valence-electron chi connectivity index (χ0n) is 18.5. The molecular weight excluding hydrogens is 410 g/mol. The number of phenolic OH excluding ortho intramolecular Hbond substituents is 1. The largest absolute Gasteiger partial charge is 0.508 e. The summed E-state index contributed by atoms with van der Waals surface area (Å²) in [7, 11) is 0. The molecule has 3 aromatic carbocycles. The number of phenols is 1. The molecule has 0 saturated heterocycles. The maximum absolute atomic E-state index is 13.4. The quantitative estimate of drug-likeness (QED) is 0.435. The van der Waals surface area contributed by atoms with E-state index in [1.807, 2.05) is 24.3 Å². The van der Waals surface area contributed by atoms with Gasteiger partial charge in [-0.15, -0.1) is 0 Å². The van der Waals surface area contributed by atoms with Crippen molar-refractivity contribution in [2.75, 3.05) is 5.32 Å². The van der Waals surface area contributed by atoms with E-state index >= 15 is 0 Å². The fraction of sp³-hybridized carbons (Fsp3) is 0.179. The van der Waals surface area contributed by atoms with Gasteiger partial charge in [-0.3, -0.25) is 5.32 Å². The molecule has 33 heavy (non-hydrogen) atoms. The Hall–Kier alpha value is -3.99. The fourth-order valence-corrected chi connectivity index (χ4v) is 4.34. The lowest BCUT2D eigenvalue weighted by Crippen LogP contribution is -2.44. The number of hydrogen-bond donors (Lipinski definition) is 2. The number of anilines is 1. The summed E-state index contributed by atoms with van der Waals surface area (Å²) in [6.45, 7) is 2.13. The topological polar surface area (TPSA) is 66.1 Å². The standard InChI is InChI=1S/C28H25N3O2/c1-2-19-10-6-11-21(14-19)16-25-28(33)31-18-26(22-12-7-13-23(32)17-22)29-24(27(31)30-25)15-20-8-4-3-5-9-20/h3-14,17-18,25,32H,2,15-16H2,1H3/p+1. The van der Waals surface area contributed by atoms with E-state index in [0.29, 0.717) is 18.5 Å². The SMILES string of the molecule is CCc1cccc(CC2Nc3c(Cc4ccccc4)nc(-c4cccc(O)c4)c[n+]3C2=O)c1. The molecule has 1 aliphatic rings. The summed E-state index contributed by atoms with van der Waals surface area (Å²) in [5.41, 5.74) is 5.75. The molecule has 164 valence electrons. The molecule has 5 rings (SSSR count). The summed E-state index contributed by atoms with van der Waals surface area (Å²) in [6.07, 6.45) is 3.95. The Morgan fingerprint density at radius 1 is 0.939 bits per heavy atom. The van der Waals surface area contributed by atoms with Crippen LogP contribution in [0.3, 0.4) is 0 Å². The fourth-order valence-electron chi connectivity index (χ4n) is 4.34. The van der Waals surface area contributed by atoms with Crippen LogP contribution in [0, 0.1) is 0 Å². The molecule has 2 heterocycles. The van der Waals surface area contributed by atoms with Gasteiger partial charge in [0.2, 0.25) is 0 Å². The smallest absolute Gasteiger partial charge is 0.359 e. The van der Waals surface area contributed by atoms with Crippen LogP contribution >= 0.6 is 0 Å². The molecule has 1 aliphatic heterocycles. The average molecular weight is 437 g/mol. The van der Waals surface area contributed by atoms with Crippen molar-refractivity contribution < 1.29 is 14.5 Å². The van der Waals surface area contributed by atoms with Crippen molar-refractivity contribution >= 4 is 11.7 Å². The highest BCUT2D eigenvalue weighted by Gasteiger charge is 2.41. The number of nitrogens with one attached hydrogen (secondary N) is 1. The molecule has 5 nitrogen and oxygen atoms in total. The van der Waals surface area contributed by atoms with E-state index in [4.69, 9.17) is 4.98 Å². The van der Waals surface area contributed by atoms with Crippen molar-refractivity contribution in [2.24, 2.45) is 0 Å². The first-order valence-electron chi connectivity index (χ1n) is 11.3. The highest BCUT2D eigenvalue weighted by Crippen LogP contribution is 2.26. The van der Waals surface area contributed by atoms with Gasteiger partial charge in [0.25, 0.3) is 0 Å². The van der Waals surface area contributed by atoms with Crippen molar-refractivity contribution in [3.05, 3.63) is 107 Å². The summed E-state index contributed by atoms with van der Waals surface area (Å²) < 4.78 is 1.69. The average Bonchev–Trinajstić information content (AvgIpc) is 3.15. The van der Waals surface area contributed by atoms with Crippen LogP contribution in [0.2, 0.25) is 0 Å². The minimum absolute atomic E-state index is 0.00464. The lowest BCUT2D eigenvalue weighted by molar-refractivity contribution is -0.552. The maximum atomic E-state index is 13.4. The maximum Gasteiger partial charge on any atom is 0.359 e. The van der Waals surface area contributed by atoms with Gasteiger partial charge < -0.3 is 5.11 Å². The molecule has 0 bridgehead atoms. The number of hydrogen-bond acceptors (Lipinski definition) is 4. The number of benzene rings is 3. The number of aromatic hydroxyl groups is 1. The van der Waals surface area contributed by atoms with Gasteiger partial charge in [0.15, 0.2) is 6.04 Å². The first kappa shape index (κ1) is 20.9. The summed E-state index contributed by atoms with van der Waals surface area (Å²) >= 11 is 0. The third kappa shape index (κ3) is 4.35. The van der Waals surface area contributed by atoms with Gasteiger partial charge in [0.1, 0.15) is 23.3 Å². The Morgan fingerprint density at radius 3 is 2.48 bits per heavy atom. The number of rotatable bonds is 6. The van der Waals surface area contributed by atoms with Gasteiger partial charge in [-0.2, -0.15) is 4.57 Å². The van der Waals surface area contributed by atoms with Crippen molar-refractivity contribution in [3.63, 3.8) is 0 Å². The van der Waals surface area contributed by atoms with Crippen LogP contribution < -0.4 is 9.88 Å². The minimum atomic E-state index is -0.354. The normalized spacial score (nSPS) is 14.7. The Bertz CT molecular complexity index is 1320. The highest BCUT2D eigenvalue weighted by atomic mass is 16.3. The van der Waals surface area contributed by atoms with Crippen LogP contribution in [0.15, 0.2) is 85.1 Å². The second kappa shape index (κ2) is 8.87. The summed E-state index contributed by atoms with van der Waals surface area (Å²) in [4.78, 5) is 18.3. The first-order valence-corrected chi connectivity index (χ1v) is 11.3. The Labute approximate surface area is 193 Å². The van der Waals surface area contributed by atoms with E-state index in [-0.39, 0.29) is 17.7 Å². The first-order chi connectivity index (χ1) is 16.1. The number of carbonyl (C=O) groups is 1. The van der Waals surface area contributed by atoms with Crippen molar-refractivity contribution in [1.29, 1.82) is 0 Å². The van der Waals surface area contributed by atoms with E-state index in [1.54, 1.807) is 29.0 Å². The molecule has 4 aromatic rings. The van der Waals surface area contributed by atoms with Crippen LogP contribution in [-0.2, 0) is 19.3 Å². The molecule has 0 fully saturated rings. The predicted molar refractivity (Wildman–Crippen MR) is 128 cm³/mol. The van der Waals surface area contributed by atoms with Crippen molar-refractivity contribution in [3.8, 4) is 17.0 Å².